The van der Waals surface area contributed by atoms with Crippen LogP contribution in [-0.4, -0.2) is 35.8 Å². The highest BCUT2D eigenvalue weighted by atomic mass is 32.1. The van der Waals surface area contributed by atoms with Crippen LogP contribution in [0.2, 0.25) is 0 Å². The van der Waals surface area contributed by atoms with Gasteiger partial charge in [0.2, 0.25) is 5.91 Å². The first-order chi connectivity index (χ1) is 16.4. The molecule has 0 saturated heterocycles. The molecule has 0 atom stereocenters. The number of hydrogen-bond acceptors (Lipinski definition) is 6. The number of carbonyl (C=O) groups is 1. The summed E-state index contributed by atoms with van der Waals surface area (Å²) in [5.41, 5.74) is 1.99. The number of hydrogen-bond donors (Lipinski definition) is 1. The van der Waals surface area contributed by atoms with Crippen LogP contribution < -0.4 is 26.0 Å². The number of ether oxygens (including phenoxy) is 2. The molecule has 176 valence electrons. The molecule has 0 bridgehead atoms. The van der Waals surface area contributed by atoms with Gasteiger partial charge in [-0.25, -0.2) is 9.36 Å². The van der Waals surface area contributed by atoms with Crippen LogP contribution in [0.4, 0.5) is 0 Å². The number of benzene rings is 2. The number of nitrogens with zero attached hydrogens (tertiary/aromatic N) is 2. The van der Waals surface area contributed by atoms with Gasteiger partial charge < -0.3 is 14.8 Å². The number of amides is 1. The summed E-state index contributed by atoms with van der Waals surface area (Å²) in [6.45, 7) is 2.12. The second-order valence-electron chi connectivity index (χ2n) is 7.77. The highest BCUT2D eigenvalue weighted by molar-refractivity contribution is 7.17. The first kappa shape index (κ1) is 23.3. The van der Waals surface area contributed by atoms with Crippen LogP contribution in [0.15, 0.2) is 63.5 Å². The Bertz CT molecular complexity index is 1450. The van der Waals surface area contributed by atoms with E-state index in [1.54, 1.807) is 37.8 Å². The molecule has 9 heteroatoms. The van der Waals surface area contributed by atoms with E-state index in [1.165, 1.54) is 15.9 Å². The van der Waals surface area contributed by atoms with Gasteiger partial charge in [0.1, 0.15) is 11.2 Å². The van der Waals surface area contributed by atoms with Crippen LogP contribution in [-0.2, 0) is 17.8 Å². The Morgan fingerprint density at radius 1 is 1.00 bits per heavy atom. The molecule has 0 fully saturated rings. The quantitative estimate of drug-likeness (QED) is 0.420. The molecule has 1 amide bonds. The van der Waals surface area contributed by atoms with Gasteiger partial charge in [-0.1, -0.05) is 23.8 Å². The van der Waals surface area contributed by atoms with E-state index in [4.69, 9.17) is 9.47 Å². The minimum absolute atomic E-state index is 0.190. The van der Waals surface area contributed by atoms with Crippen molar-refractivity contribution in [1.29, 1.82) is 0 Å². The minimum Gasteiger partial charge on any atom is -0.493 e. The molecule has 4 aromatic rings. The molecule has 2 heterocycles. The van der Waals surface area contributed by atoms with Crippen molar-refractivity contribution >= 4 is 27.5 Å². The molecular weight excluding hydrogens is 454 g/mol. The SMILES string of the molecule is COc1ccc(CCNC(=O)Cn2c(=O)n(-c3ccc(C)cc3)c(=O)c3sccc32)cc1OC. The van der Waals surface area contributed by atoms with Gasteiger partial charge in [0, 0.05) is 6.54 Å². The van der Waals surface area contributed by atoms with E-state index >= 15 is 0 Å². The molecular formula is C25H25N3O5S. The number of nitrogens with one attached hydrogen (secondary N) is 1. The summed E-state index contributed by atoms with van der Waals surface area (Å²) in [5, 5.41) is 4.60. The molecule has 34 heavy (non-hydrogen) atoms. The highest BCUT2D eigenvalue weighted by Gasteiger charge is 2.17. The first-order valence-electron chi connectivity index (χ1n) is 10.7. The van der Waals surface area contributed by atoms with Crippen LogP contribution in [0.1, 0.15) is 11.1 Å². The molecule has 0 spiro atoms. The Hall–Kier alpha value is -3.85. The summed E-state index contributed by atoms with van der Waals surface area (Å²) in [6, 6.07) is 14.4. The van der Waals surface area contributed by atoms with E-state index in [2.05, 4.69) is 5.32 Å². The molecule has 8 nitrogen and oxygen atoms in total. The topological polar surface area (TPSA) is 91.6 Å². The van der Waals surface area contributed by atoms with E-state index in [0.29, 0.717) is 40.4 Å². The van der Waals surface area contributed by atoms with E-state index in [1.807, 2.05) is 37.3 Å². The van der Waals surface area contributed by atoms with Crippen molar-refractivity contribution in [1.82, 2.24) is 14.5 Å². The number of methoxy groups -OCH3 is 2. The fourth-order valence-corrected chi connectivity index (χ4v) is 4.57. The molecule has 0 saturated carbocycles. The van der Waals surface area contributed by atoms with E-state index < -0.39 is 5.69 Å². The molecule has 4 rings (SSSR count). The van der Waals surface area contributed by atoms with Crippen LogP contribution in [0.3, 0.4) is 0 Å². The third-order valence-electron chi connectivity index (χ3n) is 5.53. The van der Waals surface area contributed by atoms with E-state index in [9.17, 15) is 14.4 Å². The predicted molar refractivity (Wildman–Crippen MR) is 133 cm³/mol. The number of carbonyl (C=O) groups excluding carboxylic acids is 1. The number of aromatic nitrogens is 2. The first-order valence-corrected chi connectivity index (χ1v) is 11.6. The zero-order chi connectivity index (χ0) is 24.2. The van der Waals surface area contributed by atoms with Crippen molar-refractivity contribution in [2.45, 2.75) is 19.9 Å². The Kier molecular flexibility index (Phi) is 6.83. The third kappa shape index (κ3) is 4.60. The normalized spacial score (nSPS) is 10.9. The van der Waals surface area contributed by atoms with Crippen molar-refractivity contribution in [2.75, 3.05) is 20.8 Å². The lowest BCUT2D eigenvalue weighted by atomic mass is 10.1. The van der Waals surface area contributed by atoms with Gasteiger partial charge in [-0.05, 0) is 54.6 Å². The van der Waals surface area contributed by atoms with Crippen molar-refractivity contribution in [3.8, 4) is 17.2 Å². The molecule has 0 aliphatic heterocycles. The molecule has 2 aromatic carbocycles. The zero-order valence-corrected chi connectivity index (χ0v) is 20.0. The van der Waals surface area contributed by atoms with Crippen molar-refractivity contribution in [2.24, 2.45) is 0 Å². The highest BCUT2D eigenvalue weighted by Crippen LogP contribution is 2.27. The molecule has 0 unspecified atom stereocenters. The summed E-state index contributed by atoms with van der Waals surface area (Å²) in [4.78, 5) is 39.0. The van der Waals surface area contributed by atoms with Crippen LogP contribution in [0.25, 0.3) is 15.9 Å². The lowest BCUT2D eigenvalue weighted by Gasteiger charge is -2.13. The van der Waals surface area contributed by atoms with E-state index in [-0.39, 0.29) is 18.0 Å². The monoisotopic (exact) mass is 479 g/mol. The van der Waals surface area contributed by atoms with Gasteiger partial charge in [0.25, 0.3) is 5.56 Å². The smallest absolute Gasteiger partial charge is 0.336 e. The maximum Gasteiger partial charge on any atom is 0.336 e. The summed E-state index contributed by atoms with van der Waals surface area (Å²) in [7, 11) is 3.15. The lowest BCUT2D eigenvalue weighted by molar-refractivity contribution is -0.121. The fourth-order valence-electron chi connectivity index (χ4n) is 3.74. The molecule has 0 aliphatic carbocycles. The standard InChI is InChI=1S/C25H25N3O5S/c1-16-4-7-18(8-5-16)28-24(30)23-19(11-13-34-23)27(25(28)31)15-22(29)26-12-10-17-6-9-20(32-2)21(14-17)33-3/h4-9,11,13-14H,10,12,15H2,1-3H3,(H,26,29). The summed E-state index contributed by atoms with van der Waals surface area (Å²) in [5.74, 6) is 0.943. The average molecular weight is 480 g/mol. The fraction of sp³-hybridized carbons (Fsp3) is 0.240. The zero-order valence-electron chi connectivity index (χ0n) is 19.2. The molecule has 0 aliphatic rings. The number of thiophene rings is 1. The molecule has 1 N–H and O–H groups in total. The second kappa shape index (κ2) is 9.96. The Morgan fingerprint density at radius 2 is 1.74 bits per heavy atom. The maximum atomic E-state index is 13.3. The van der Waals surface area contributed by atoms with Crippen molar-refractivity contribution < 1.29 is 14.3 Å². The van der Waals surface area contributed by atoms with Gasteiger partial charge >= 0.3 is 5.69 Å². The van der Waals surface area contributed by atoms with Crippen LogP contribution >= 0.6 is 11.3 Å². The lowest BCUT2D eigenvalue weighted by Crippen LogP contribution is -2.41. The third-order valence-corrected chi connectivity index (χ3v) is 6.42. The van der Waals surface area contributed by atoms with Crippen LogP contribution in [0.5, 0.6) is 11.5 Å². The Morgan fingerprint density at radius 3 is 2.44 bits per heavy atom. The van der Waals surface area contributed by atoms with Gasteiger partial charge in [-0.15, -0.1) is 11.3 Å². The largest absolute Gasteiger partial charge is 0.493 e. The van der Waals surface area contributed by atoms with Crippen LogP contribution in [0, 0.1) is 6.92 Å². The van der Waals surface area contributed by atoms with Crippen molar-refractivity contribution in [3.63, 3.8) is 0 Å². The summed E-state index contributed by atoms with van der Waals surface area (Å²) >= 11 is 1.25. The molecule has 2 aromatic heterocycles. The molecule has 0 radical (unpaired) electrons. The van der Waals surface area contributed by atoms with Gasteiger partial charge in [-0.2, -0.15) is 0 Å². The number of fused-ring (bicyclic) bond motifs is 1. The summed E-state index contributed by atoms with van der Waals surface area (Å²) in [6.07, 6.45) is 0.581. The number of rotatable bonds is 8. The summed E-state index contributed by atoms with van der Waals surface area (Å²) < 4.78 is 13.5. The van der Waals surface area contributed by atoms with Gasteiger partial charge in [0.15, 0.2) is 11.5 Å². The maximum absolute atomic E-state index is 13.3. The minimum atomic E-state index is -0.546. The van der Waals surface area contributed by atoms with Gasteiger partial charge in [0.05, 0.1) is 25.4 Å². The average Bonchev–Trinajstić information content (AvgIpc) is 3.33. The van der Waals surface area contributed by atoms with Gasteiger partial charge in [-0.3, -0.25) is 14.2 Å². The van der Waals surface area contributed by atoms with E-state index in [0.717, 1.165) is 15.7 Å². The van der Waals surface area contributed by atoms with Crippen molar-refractivity contribution in [3.05, 3.63) is 85.9 Å². The predicted octanol–water partition coefficient (Wildman–Crippen LogP) is 2.90. The Balaban J connectivity index is 1.54. The Labute approximate surface area is 200 Å². The second-order valence-corrected chi connectivity index (χ2v) is 8.69. The number of aryl methyl sites for hydroxylation is 1.